The van der Waals surface area contributed by atoms with Crippen LogP contribution in [0.3, 0.4) is 0 Å². The van der Waals surface area contributed by atoms with Crippen molar-refractivity contribution in [2.75, 3.05) is 7.05 Å². The number of benzene rings is 2. The lowest BCUT2D eigenvalue weighted by Gasteiger charge is -2.20. The summed E-state index contributed by atoms with van der Waals surface area (Å²) in [7, 11) is 1.92. The zero-order valence-corrected chi connectivity index (χ0v) is 15.2. The van der Waals surface area contributed by atoms with Gasteiger partial charge in [-0.1, -0.05) is 40.9 Å². The van der Waals surface area contributed by atoms with Crippen molar-refractivity contribution in [1.29, 1.82) is 0 Å². The molecular formula is C15H13Cl3IN. The van der Waals surface area contributed by atoms with E-state index in [0.29, 0.717) is 16.5 Å². The number of hydrogen-bond acceptors (Lipinski definition) is 1. The predicted octanol–water partition coefficient (Wildman–Crippen LogP) is 5.75. The number of rotatable bonds is 4. The van der Waals surface area contributed by atoms with Gasteiger partial charge in [0.1, 0.15) is 0 Å². The fraction of sp³-hybridized carbons (Fsp3) is 0.200. The number of nitrogens with one attached hydrogen (secondary N) is 1. The van der Waals surface area contributed by atoms with Gasteiger partial charge in [-0.2, -0.15) is 0 Å². The zero-order chi connectivity index (χ0) is 14.7. The van der Waals surface area contributed by atoms with E-state index in [2.05, 4.69) is 27.9 Å². The third-order valence-corrected chi connectivity index (χ3v) is 5.08. The Labute approximate surface area is 147 Å². The summed E-state index contributed by atoms with van der Waals surface area (Å²) in [5.41, 5.74) is 2.10. The van der Waals surface area contributed by atoms with Gasteiger partial charge in [-0.25, -0.2) is 0 Å². The molecule has 1 unspecified atom stereocenters. The molecule has 0 aliphatic rings. The molecule has 0 saturated carbocycles. The smallest absolute Gasteiger partial charge is 0.0453 e. The molecule has 0 saturated heterocycles. The highest BCUT2D eigenvalue weighted by Crippen LogP contribution is 2.31. The van der Waals surface area contributed by atoms with Crippen LogP contribution in [0.15, 0.2) is 36.4 Å². The SMILES string of the molecule is CNC(Cc1c(Cl)cccc1Cl)c1cc(Cl)ccc1I. The summed E-state index contributed by atoms with van der Waals surface area (Å²) in [5, 5.41) is 5.42. The number of hydrogen-bond donors (Lipinski definition) is 1. The lowest BCUT2D eigenvalue weighted by Crippen LogP contribution is -2.20. The van der Waals surface area contributed by atoms with E-state index in [0.717, 1.165) is 19.7 Å². The highest BCUT2D eigenvalue weighted by atomic mass is 127. The average Bonchev–Trinajstić information content (AvgIpc) is 2.42. The van der Waals surface area contributed by atoms with Crippen molar-refractivity contribution in [2.45, 2.75) is 12.5 Å². The monoisotopic (exact) mass is 439 g/mol. The maximum atomic E-state index is 6.25. The van der Waals surface area contributed by atoms with Crippen molar-refractivity contribution in [3.63, 3.8) is 0 Å². The van der Waals surface area contributed by atoms with Gasteiger partial charge in [0.05, 0.1) is 0 Å². The first-order chi connectivity index (χ1) is 9.52. The molecule has 0 aromatic heterocycles. The Morgan fingerprint density at radius 2 is 1.75 bits per heavy atom. The van der Waals surface area contributed by atoms with E-state index in [1.165, 1.54) is 0 Å². The minimum Gasteiger partial charge on any atom is -0.313 e. The third-order valence-electron chi connectivity index (χ3n) is 3.15. The van der Waals surface area contributed by atoms with Crippen LogP contribution in [0.25, 0.3) is 0 Å². The second kappa shape index (κ2) is 7.32. The van der Waals surface area contributed by atoms with Crippen LogP contribution in [0.5, 0.6) is 0 Å². The Kier molecular flexibility index (Phi) is 5.99. The predicted molar refractivity (Wildman–Crippen MR) is 96.1 cm³/mol. The van der Waals surface area contributed by atoms with E-state index in [1.807, 2.05) is 43.4 Å². The summed E-state index contributed by atoms with van der Waals surface area (Å²) < 4.78 is 1.16. The summed E-state index contributed by atoms with van der Waals surface area (Å²) >= 11 is 20.9. The van der Waals surface area contributed by atoms with Gasteiger partial charge < -0.3 is 5.32 Å². The Balaban J connectivity index is 2.36. The van der Waals surface area contributed by atoms with Crippen molar-refractivity contribution >= 4 is 57.4 Å². The Hall–Kier alpha value is -0.000000000000000111. The van der Waals surface area contributed by atoms with Gasteiger partial charge in [0.25, 0.3) is 0 Å². The summed E-state index contributed by atoms with van der Waals surface area (Å²) in [6, 6.07) is 11.6. The van der Waals surface area contributed by atoms with E-state index < -0.39 is 0 Å². The molecule has 0 radical (unpaired) electrons. The maximum absolute atomic E-state index is 6.25. The van der Waals surface area contributed by atoms with E-state index in [1.54, 1.807) is 0 Å². The lowest BCUT2D eigenvalue weighted by atomic mass is 9.99. The molecule has 0 aliphatic heterocycles. The third kappa shape index (κ3) is 3.80. The average molecular weight is 441 g/mol. The highest BCUT2D eigenvalue weighted by Gasteiger charge is 2.17. The molecule has 0 spiro atoms. The van der Waals surface area contributed by atoms with Crippen LogP contribution in [0, 0.1) is 3.57 Å². The van der Waals surface area contributed by atoms with Gasteiger partial charge in [0.2, 0.25) is 0 Å². The molecule has 1 atom stereocenters. The van der Waals surface area contributed by atoms with Crippen LogP contribution < -0.4 is 5.32 Å². The summed E-state index contributed by atoms with van der Waals surface area (Å²) in [6.45, 7) is 0. The molecule has 5 heteroatoms. The molecule has 2 aromatic carbocycles. The first kappa shape index (κ1) is 16.4. The van der Waals surface area contributed by atoms with Crippen LogP contribution in [0.4, 0.5) is 0 Å². The van der Waals surface area contributed by atoms with E-state index in [4.69, 9.17) is 34.8 Å². The lowest BCUT2D eigenvalue weighted by molar-refractivity contribution is 0.589. The molecule has 0 heterocycles. The van der Waals surface area contributed by atoms with Gasteiger partial charge in [0, 0.05) is 24.7 Å². The fourth-order valence-electron chi connectivity index (χ4n) is 2.08. The summed E-state index contributed by atoms with van der Waals surface area (Å²) in [5.74, 6) is 0. The molecular weight excluding hydrogens is 427 g/mol. The molecule has 1 nitrogen and oxygen atoms in total. The first-order valence-corrected chi connectivity index (χ1v) is 8.29. The van der Waals surface area contributed by atoms with Crippen LogP contribution in [-0.4, -0.2) is 7.05 Å². The summed E-state index contributed by atoms with van der Waals surface area (Å²) in [4.78, 5) is 0. The normalized spacial score (nSPS) is 12.4. The van der Waals surface area contributed by atoms with Crippen LogP contribution in [0.1, 0.15) is 17.2 Å². The maximum Gasteiger partial charge on any atom is 0.0453 e. The zero-order valence-electron chi connectivity index (χ0n) is 10.8. The van der Waals surface area contributed by atoms with E-state index in [9.17, 15) is 0 Å². The molecule has 0 fully saturated rings. The minimum absolute atomic E-state index is 0.109. The molecule has 0 bridgehead atoms. The quantitative estimate of drug-likeness (QED) is 0.597. The molecule has 2 aromatic rings. The van der Waals surface area contributed by atoms with Crippen molar-refractivity contribution in [2.24, 2.45) is 0 Å². The van der Waals surface area contributed by atoms with E-state index in [-0.39, 0.29) is 6.04 Å². The van der Waals surface area contributed by atoms with Crippen LogP contribution >= 0.6 is 57.4 Å². The summed E-state index contributed by atoms with van der Waals surface area (Å²) in [6.07, 6.45) is 0.714. The van der Waals surface area contributed by atoms with E-state index >= 15 is 0 Å². The molecule has 106 valence electrons. The van der Waals surface area contributed by atoms with Crippen molar-refractivity contribution in [3.8, 4) is 0 Å². The second-order valence-corrected chi connectivity index (χ2v) is 6.82. The minimum atomic E-state index is 0.109. The second-order valence-electron chi connectivity index (χ2n) is 4.41. The number of likely N-dealkylation sites (N-methyl/N-ethyl adjacent to an activating group) is 1. The van der Waals surface area contributed by atoms with Crippen LogP contribution in [0.2, 0.25) is 15.1 Å². The van der Waals surface area contributed by atoms with Crippen molar-refractivity contribution in [3.05, 3.63) is 66.2 Å². The molecule has 0 amide bonds. The van der Waals surface area contributed by atoms with Gasteiger partial charge in [0.15, 0.2) is 0 Å². The fourth-order valence-corrected chi connectivity index (χ4v) is 3.52. The first-order valence-electron chi connectivity index (χ1n) is 6.08. The van der Waals surface area contributed by atoms with Crippen LogP contribution in [-0.2, 0) is 6.42 Å². The largest absolute Gasteiger partial charge is 0.313 e. The molecule has 20 heavy (non-hydrogen) atoms. The Bertz CT molecular complexity index is 596. The standard InChI is InChI=1S/C15H13Cl3IN/c1-20-15(11-7-9(16)5-6-14(11)19)8-10-12(17)3-2-4-13(10)18/h2-7,15,20H,8H2,1H3. The van der Waals surface area contributed by atoms with Crippen molar-refractivity contribution < 1.29 is 0 Å². The molecule has 2 rings (SSSR count). The molecule has 1 N–H and O–H groups in total. The van der Waals surface area contributed by atoms with Crippen molar-refractivity contribution in [1.82, 2.24) is 5.32 Å². The highest BCUT2D eigenvalue weighted by molar-refractivity contribution is 14.1. The Morgan fingerprint density at radius 3 is 2.35 bits per heavy atom. The van der Waals surface area contributed by atoms with Gasteiger partial charge in [-0.05, 0) is 77.5 Å². The molecule has 0 aliphatic carbocycles. The number of halogens is 4. The Morgan fingerprint density at radius 1 is 1.10 bits per heavy atom. The van der Waals surface area contributed by atoms with Gasteiger partial charge in [-0.3, -0.25) is 0 Å². The topological polar surface area (TPSA) is 12.0 Å². The van der Waals surface area contributed by atoms with Gasteiger partial charge in [-0.15, -0.1) is 0 Å². The van der Waals surface area contributed by atoms with Gasteiger partial charge >= 0.3 is 0 Å².